The zero-order chi connectivity index (χ0) is 21.8. The fourth-order valence-corrected chi connectivity index (χ4v) is 3.31. The van der Waals surface area contributed by atoms with Crippen molar-refractivity contribution < 1.29 is 9.53 Å². The molecule has 0 atom stereocenters. The summed E-state index contributed by atoms with van der Waals surface area (Å²) in [5, 5.41) is 5.63. The van der Waals surface area contributed by atoms with Gasteiger partial charge in [-0.2, -0.15) is 0 Å². The third-order valence-electron chi connectivity index (χ3n) is 4.60. The lowest BCUT2D eigenvalue weighted by Gasteiger charge is -2.10. The molecular formula is C24H22N4O3. The van der Waals surface area contributed by atoms with Gasteiger partial charge in [0, 0.05) is 23.6 Å². The van der Waals surface area contributed by atoms with Gasteiger partial charge in [0.05, 0.1) is 5.69 Å². The third-order valence-corrected chi connectivity index (χ3v) is 4.60. The predicted octanol–water partition coefficient (Wildman–Crippen LogP) is 4.53. The lowest BCUT2D eigenvalue weighted by atomic mass is 10.1. The number of aromatic nitrogens is 2. The number of rotatable bonds is 5. The van der Waals surface area contributed by atoms with Gasteiger partial charge in [-0.1, -0.05) is 12.1 Å². The molecule has 2 aromatic carbocycles. The number of ether oxygens (including phenoxy) is 1. The minimum atomic E-state index is -0.320. The quantitative estimate of drug-likeness (QED) is 0.502. The molecule has 4 aromatic rings. The molecule has 0 saturated heterocycles. The minimum Gasteiger partial charge on any atom is -0.487 e. The van der Waals surface area contributed by atoms with Crippen LogP contribution in [-0.2, 0) is 6.61 Å². The van der Waals surface area contributed by atoms with Gasteiger partial charge in [0.25, 0.3) is 5.56 Å². The number of urea groups is 1. The van der Waals surface area contributed by atoms with Gasteiger partial charge in [-0.15, -0.1) is 0 Å². The number of anilines is 2. The van der Waals surface area contributed by atoms with Gasteiger partial charge < -0.3 is 15.4 Å². The number of pyridine rings is 1. The van der Waals surface area contributed by atoms with E-state index in [9.17, 15) is 9.59 Å². The van der Waals surface area contributed by atoms with Crippen LogP contribution in [0.25, 0.3) is 5.65 Å². The summed E-state index contributed by atoms with van der Waals surface area (Å²) in [5.41, 5.74) is 4.51. The first-order chi connectivity index (χ1) is 15.0. The van der Waals surface area contributed by atoms with Crippen LogP contribution in [0.5, 0.6) is 5.75 Å². The average Bonchev–Trinajstić information content (AvgIpc) is 2.72. The van der Waals surface area contributed by atoms with E-state index in [0.29, 0.717) is 22.8 Å². The Morgan fingerprint density at radius 2 is 1.65 bits per heavy atom. The highest BCUT2D eigenvalue weighted by molar-refractivity contribution is 5.99. The van der Waals surface area contributed by atoms with E-state index in [1.807, 2.05) is 38.1 Å². The summed E-state index contributed by atoms with van der Waals surface area (Å²) in [6, 6.07) is 19.4. The number of nitrogens with one attached hydrogen (secondary N) is 2. The van der Waals surface area contributed by atoms with Crippen LogP contribution in [0.15, 0.2) is 77.7 Å². The summed E-state index contributed by atoms with van der Waals surface area (Å²) in [5.74, 6) is 0.607. The predicted molar refractivity (Wildman–Crippen MR) is 121 cm³/mol. The van der Waals surface area contributed by atoms with Crippen LogP contribution < -0.4 is 20.9 Å². The number of nitrogens with zero attached hydrogens (tertiary/aromatic N) is 2. The van der Waals surface area contributed by atoms with Gasteiger partial charge in [0.2, 0.25) is 0 Å². The van der Waals surface area contributed by atoms with Crippen molar-refractivity contribution in [3.8, 4) is 5.75 Å². The number of carbonyl (C=O) groups is 1. The highest BCUT2D eigenvalue weighted by Gasteiger charge is 2.06. The monoisotopic (exact) mass is 414 g/mol. The van der Waals surface area contributed by atoms with E-state index in [0.717, 1.165) is 16.8 Å². The summed E-state index contributed by atoms with van der Waals surface area (Å²) in [7, 11) is 0. The summed E-state index contributed by atoms with van der Waals surface area (Å²) in [6.07, 6.45) is 1.68. The van der Waals surface area contributed by atoms with Crippen LogP contribution in [0.1, 0.15) is 16.8 Å². The smallest absolute Gasteiger partial charge is 0.323 e. The lowest BCUT2D eigenvalue weighted by molar-refractivity contribution is 0.262. The van der Waals surface area contributed by atoms with E-state index in [4.69, 9.17) is 4.74 Å². The van der Waals surface area contributed by atoms with Crippen LogP contribution in [0, 0.1) is 13.8 Å². The minimum absolute atomic E-state index is 0.154. The summed E-state index contributed by atoms with van der Waals surface area (Å²) in [4.78, 5) is 28.8. The molecule has 0 fully saturated rings. The van der Waals surface area contributed by atoms with Gasteiger partial charge in [-0.3, -0.25) is 9.20 Å². The number of benzene rings is 2. The van der Waals surface area contributed by atoms with Crippen molar-refractivity contribution in [3.63, 3.8) is 0 Å². The highest BCUT2D eigenvalue weighted by Crippen LogP contribution is 2.18. The number of aryl methyl sites for hydroxylation is 2. The molecule has 2 amide bonds. The third kappa shape index (κ3) is 5.08. The van der Waals surface area contributed by atoms with E-state index in [-0.39, 0.29) is 18.2 Å². The topological polar surface area (TPSA) is 84.7 Å². The normalized spacial score (nSPS) is 10.6. The first-order valence-electron chi connectivity index (χ1n) is 9.83. The molecule has 2 N–H and O–H groups in total. The van der Waals surface area contributed by atoms with Crippen LogP contribution >= 0.6 is 0 Å². The Morgan fingerprint density at radius 3 is 2.39 bits per heavy atom. The molecule has 0 spiro atoms. The lowest BCUT2D eigenvalue weighted by Crippen LogP contribution is -2.19. The zero-order valence-electron chi connectivity index (χ0n) is 17.3. The fraction of sp³-hybridized carbons (Fsp3) is 0.125. The number of carbonyl (C=O) groups excluding carboxylic acids is 1. The average molecular weight is 414 g/mol. The van der Waals surface area contributed by atoms with Gasteiger partial charge in [-0.25, -0.2) is 9.78 Å². The molecule has 4 rings (SSSR count). The van der Waals surface area contributed by atoms with Crippen LogP contribution in [-0.4, -0.2) is 15.4 Å². The van der Waals surface area contributed by atoms with E-state index in [1.54, 1.807) is 42.6 Å². The highest BCUT2D eigenvalue weighted by atomic mass is 16.5. The van der Waals surface area contributed by atoms with Crippen molar-refractivity contribution in [1.82, 2.24) is 9.38 Å². The number of fused-ring (bicyclic) bond motifs is 1. The molecule has 0 aliphatic heterocycles. The second kappa shape index (κ2) is 8.71. The Kier molecular flexibility index (Phi) is 5.66. The Bertz CT molecular complexity index is 1280. The maximum absolute atomic E-state index is 12.2. The van der Waals surface area contributed by atoms with Crippen molar-refractivity contribution in [3.05, 3.63) is 100 Å². The molecule has 2 heterocycles. The molecule has 0 radical (unpaired) electrons. The van der Waals surface area contributed by atoms with Crippen LogP contribution in [0.3, 0.4) is 0 Å². The Morgan fingerprint density at radius 1 is 0.935 bits per heavy atom. The van der Waals surface area contributed by atoms with Crippen molar-refractivity contribution in [1.29, 1.82) is 0 Å². The summed E-state index contributed by atoms with van der Waals surface area (Å²) >= 11 is 0. The fourth-order valence-electron chi connectivity index (χ4n) is 3.31. The maximum atomic E-state index is 12.2. The van der Waals surface area contributed by atoms with E-state index in [1.165, 1.54) is 10.5 Å². The first kappa shape index (κ1) is 20.2. The molecule has 31 heavy (non-hydrogen) atoms. The van der Waals surface area contributed by atoms with Crippen molar-refractivity contribution in [2.75, 3.05) is 10.6 Å². The molecule has 2 aromatic heterocycles. The van der Waals surface area contributed by atoms with Gasteiger partial charge in [0.1, 0.15) is 18.0 Å². The summed E-state index contributed by atoms with van der Waals surface area (Å²) < 4.78 is 7.22. The van der Waals surface area contributed by atoms with E-state index in [2.05, 4.69) is 15.6 Å². The van der Waals surface area contributed by atoms with Gasteiger partial charge in [-0.05, 0) is 73.5 Å². The number of hydrogen-bond donors (Lipinski definition) is 2. The Labute approximate surface area is 179 Å². The maximum Gasteiger partial charge on any atom is 0.323 e. The largest absolute Gasteiger partial charge is 0.487 e. The van der Waals surface area contributed by atoms with Crippen LogP contribution in [0.2, 0.25) is 0 Å². The molecule has 7 heteroatoms. The van der Waals surface area contributed by atoms with Crippen molar-refractivity contribution in [2.24, 2.45) is 0 Å². The SMILES string of the molecule is Cc1cc(C)cc(NC(=O)Nc2ccc(OCc3cc(=O)n4ccccc4n3)cc2)c1. The molecule has 0 saturated carbocycles. The first-order valence-corrected chi connectivity index (χ1v) is 9.83. The zero-order valence-corrected chi connectivity index (χ0v) is 17.3. The Balaban J connectivity index is 1.36. The molecule has 7 nitrogen and oxygen atoms in total. The molecule has 156 valence electrons. The molecule has 0 aliphatic rings. The summed E-state index contributed by atoms with van der Waals surface area (Å²) in [6.45, 7) is 4.14. The molecule has 0 aliphatic carbocycles. The van der Waals surface area contributed by atoms with Crippen molar-refractivity contribution >= 4 is 23.1 Å². The second-order valence-corrected chi connectivity index (χ2v) is 7.28. The molecule has 0 bridgehead atoms. The van der Waals surface area contributed by atoms with Gasteiger partial charge >= 0.3 is 6.03 Å². The Hall–Kier alpha value is -4.13. The van der Waals surface area contributed by atoms with Crippen molar-refractivity contribution in [2.45, 2.75) is 20.5 Å². The van der Waals surface area contributed by atoms with E-state index >= 15 is 0 Å². The van der Waals surface area contributed by atoms with Gasteiger partial charge in [0.15, 0.2) is 0 Å². The second-order valence-electron chi connectivity index (χ2n) is 7.28. The van der Waals surface area contributed by atoms with E-state index < -0.39 is 0 Å². The molecular weight excluding hydrogens is 392 g/mol. The van der Waals surface area contributed by atoms with Crippen LogP contribution in [0.4, 0.5) is 16.2 Å². The number of amides is 2. The molecule has 0 unspecified atom stereocenters. The standard InChI is InChI=1S/C24H22N4O3/c1-16-11-17(2)13-19(12-16)27-24(30)26-18-6-8-21(9-7-18)31-15-20-14-23(29)28-10-4-3-5-22(28)25-20/h3-14H,15H2,1-2H3,(H2,26,27,30). The number of hydrogen-bond acceptors (Lipinski definition) is 4.